The molecule has 1 heterocycles. The quantitative estimate of drug-likeness (QED) is 0.712. The molecule has 0 bridgehead atoms. The highest BCUT2D eigenvalue weighted by atomic mass is 16.5. The van der Waals surface area contributed by atoms with E-state index >= 15 is 0 Å². The lowest BCUT2D eigenvalue weighted by Gasteiger charge is -2.57. The van der Waals surface area contributed by atoms with Crippen molar-refractivity contribution < 1.29 is 14.3 Å². The number of anilines is 2. The number of pyridine rings is 1. The summed E-state index contributed by atoms with van der Waals surface area (Å²) in [6.45, 7) is 6.39. The standard InChI is InChI=1S/C21H26N4O3/c1-4-28-17-13-21(22,20(17,2)3)19(27)25-16-7-5-6-14(12-16)18(26)24-15-8-10-23-11-9-15/h5-12,17H,4,13,22H2,1-3H3,(H,25,27)(H,23,24,26). The Kier molecular flexibility index (Phi) is 5.49. The highest BCUT2D eigenvalue weighted by Gasteiger charge is 2.62. The molecule has 2 atom stereocenters. The second-order valence-electron chi connectivity index (χ2n) is 7.57. The fraction of sp³-hybridized carbons (Fsp3) is 0.381. The van der Waals surface area contributed by atoms with Crippen LogP contribution < -0.4 is 16.4 Å². The largest absolute Gasteiger partial charge is 0.378 e. The number of nitrogens with two attached hydrogens (primary N) is 1. The molecule has 0 saturated heterocycles. The number of amides is 2. The van der Waals surface area contributed by atoms with Gasteiger partial charge in [0.05, 0.1) is 6.10 Å². The zero-order valence-electron chi connectivity index (χ0n) is 16.4. The maximum atomic E-state index is 12.9. The molecule has 4 N–H and O–H groups in total. The molecule has 1 aromatic carbocycles. The van der Waals surface area contributed by atoms with Crippen molar-refractivity contribution in [3.05, 3.63) is 54.4 Å². The molecule has 2 amide bonds. The Morgan fingerprint density at radius 2 is 1.89 bits per heavy atom. The molecule has 2 aromatic rings. The van der Waals surface area contributed by atoms with Crippen LogP contribution in [0.3, 0.4) is 0 Å². The maximum Gasteiger partial charge on any atom is 0.255 e. The van der Waals surface area contributed by atoms with E-state index in [0.29, 0.717) is 30.0 Å². The Bertz CT molecular complexity index is 869. The topological polar surface area (TPSA) is 106 Å². The van der Waals surface area contributed by atoms with Gasteiger partial charge < -0.3 is 21.1 Å². The molecule has 0 aliphatic heterocycles. The summed E-state index contributed by atoms with van der Waals surface area (Å²) in [6, 6.07) is 10.2. The van der Waals surface area contributed by atoms with E-state index in [1.807, 2.05) is 20.8 Å². The van der Waals surface area contributed by atoms with Gasteiger partial charge in [-0.3, -0.25) is 14.6 Å². The molecule has 1 aliphatic carbocycles. The summed E-state index contributed by atoms with van der Waals surface area (Å²) in [5.41, 5.74) is 6.51. The van der Waals surface area contributed by atoms with Crippen molar-refractivity contribution in [3.63, 3.8) is 0 Å². The lowest BCUT2D eigenvalue weighted by atomic mass is 9.54. The van der Waals surface area contributed by atoms with Crippen LogP contribution in [-0.4, -0.2) is 35.0 Å². The molecule has 1 fully saturated rings. The van der Waals surface area contributed by atoms with Crippen molar-refractivity contribution in [1.29, 1.82) is 0 Å². The van der Waals surface area contributed by atoms with Crippen LogP contribution in [0.25, 0.3) is 0 Å². The summed E-state index contributed by atoms with van der Waals surface area (Å²) >= 11 is 0. The minimum absolute atomic E-state index is 0.0503. The zero-order valence-corrected chi connectivity index (χ0v) is 16.4. The number of benzene rings is 1. The van der Waals surface area contributed by atoms with Gasteiger partial charge in [0, 0.05) is 47.8 Å². The van der Waals surface area contributed by atoms with Crippen molar-refractivity contribution >= 4 is 23.2 Å². The average molecular weight is 382 g/mol. The molecule has 1 aliphatic rings. The molecule has 7 heteroatoms. The van der Waals surface area contributed by atoms with Crippen molar-refractivity contribution in [2.24, 2.45) is 11.1 Å². The fourth-order valence-electron chi connectivity index (χ4n) is 3.44. The first-order valence-electron chi connectivity index (χ1n) is 9.31. The number of nitrogens with zero attached hydrogens (tertiary/aromatic N) is 1. The first-order chi connectivity index (χ1) is 13.3. The van der Waals surface area contributed by atoms with E-state index < -0.39 is 11.0 Å². The van der Waals surface area contributed by atoms with Crippen molar-refractivity contribution in [2.75, 3.05) is 17.2 Å². The summed E-state index contributed by atoms with van der Waals surface area (Å²) in [5.74, 6) is -0.551. The maximum absolute atomic E-state index is 12.9. The molecule has 1 aromatic heterocycles. The lowest BCUT2D eigenvalue weighted by molar-refractivity contribution is -0.166. The second-order valence-corrected chi connectivity index (χ2v) is 7.57. The fourth-order valence-corrected chi connectivity index (χ4v) is 3.44. The number of hydrogen-bond acceptors (Lipinski definition) is 5. The van der Waals surface area contributed by atoms with Gasteiger partial charge in [0.2, 0.25) is 5.91 Å². The van der Waals surface area contributed by atoms with Gasteiger partial charge in [-0.2, -0.15) is 0 Å². The Balaban J connectivity index is 1.69. The molecule has 148 valence electrons. The normalized spacial score (nSPS) is 22.8. The summed E-state index contributed by atoms with van der Waals surface area (Å²) < 4.78 is 5.68. The number of carbonyl (C=O) groups excluding carboxylic acids is 2. The molecule has 2 unspecified atom stereocenters. The van der Waals surface area contributed by atoms with E-state index in [9.17, 15) is 9.59 Å². The minimum Gasteiger partial charge on any atom is -0.378 e. The predicted octanol–water partition coefficient (Wildman–Crippen LogP) is 2.80. The van der Waals surface area contributed by atoms with E-state index in [1.165, 1.54) is 0 Å². The van der Waals surface area contributed by atoms with Crippen molar-refractivity contribution in [3.8, 4) is 0 Å². The number of rotatable bonds is 6. The second kappa shape index (κ2) is 7.69. The SMILES string of the molecule is CCOC1CC(N)(C(=O)Nc2cccc(C(=O)Nc3ccncc3)c2)C1(C)C. The third kappa shape index (κ3) is 3.63. The van der Waals surface area contributed by atoms with Gasteiger partial charge in [-0.05, 0) is 37.3 Å². The predicted molar refractivity (Wildman–Crippen MR) is 108 cm³/mol. The van der Waals surface area contributed by atoms with Crippen LogP contribution in [0.1, 0.15) is 37.6 Å². The van der Waals surface area contributed by atoms with Gasteiger partial charge in [-0.15, -0.1) is 0 Å². The molecular weight excluding hydrogens is 356 g/mol. The third-order valence-corrected chi connectivity index (χ3v) is 5.56. The van der Waals surface area contributed by atoms with Gasteiger partial charge in [-0.1, -0.05) is 19.9 Å². The highest BCUT2D eigenvalue weighted by Crippen LogP contribution is 2.50. The molecular formula is C21H26N4O3. The van der Waals surface area contributed by atoms with Crippen LogP contribution in [-0.2, 0) is 9.53 Å². The van der Waals surface area contributed by atoms with Gasteiger partial charge in [0.15, 0.2) is 0 Å². The van der Waals surface area contributed by atoms with Crippen LogP contribution in [0.15, 0.2) is 48.8 Å². The van der Waals surface area contributed by atoms with Crippen LogP contribution in [0.2, 0.25) is 0 Å². The molecule has 28 heavy (non-hydrogen) atoms. The van der Waals surface area contributed by atoms with Gasteiger partial charge >= 0.3 is 0 Å². The zero-order chi connectivity index (χ0) is 20.4. The summed E-state index contributed by atoms with van der Waals surface area (Å²) in [4.78, 5) is 29.2. The first-order valence-corrected chi connectivity index (χ1v) is 9.31. The Labute approximate surface area is 164 Å². The molecule has 3 rings (SSSR count). The highest BCUT2D eigenvalue weighted by molar-refractivity contribution is 6.06. The van der Waals surface area contributed by atoms with Gasteiger partial charge in [0.25, 0.3) is 5.91 Å². The third-order valence-electron chi connectivity index (χ3n) is 5.56. The summed E-state index contributed by atoms with van der Waals surface area (Å²) in [6.07, 6.45) is 3.61. The number of hydrogen-bond donors (Lipinski definition) is 3. The van der Waals surface area contributed by atoms with E-state index in [-0.39, 0.29) is 17.9 Å². The molecule has 0 radical (unpaired) electrons. The smallest absolute Gasteiger partial charge is 0.255 e. The van der Waals surface area contributed by atoms with E-state index in [1.54, 1.807) is 48.8 Å². The average Bonchev–Trinajstić information content (AvgIpc) is 2.68. The summed E-state index contributed by atoms with van der Waals surface area (Å²) in [5, 5.41) is 5.64. The van der Waals surface area contributed by atoms with E-state index in [2.05, 4.69) is 15.6 Å². The van der Waals surface area contributed by atoms with Crippen LogP contribution >= 0.6 is 0 Å². The number of carbonyl (C=O) groups is 2. The van der Waals surface area contributed by atoms with Crippen LogP contribution in [0.4, 0.5) is 11.4 Å². The molecule has 0 spiro atoms. The van der Waals surface area contributed by atoms with E-state index in [0.717, 1.165) is 0 Å². The van der Waals surface area contributed by atoms with Crippen molar-refractivity contribution in [1.82, 2.24) is 4.98 Å². The number of nitrogens with one attached hydrogen (secondary N) is 2. The van der Waals surface area contributed by atoms with Gasteiger partial charge in [-0.25, -0.2) is 0 Å². The lowest BCUT2D eigenvalue weighted by Crippen LogP contribution is -2.74. The van der Waals surface area contributed by atoms with E-state index in [4.69, 9.17) is 10.5 Å². The monoisotopic (exact) mass is 382 g/mol. The molecule has 7 nitrogen and oxygen atoms in total. The Morgan fingerprint density at radius 3 is 2.54 bits per heavy atom. The Hall–Kier alpha value is -2.77. The Morgan fingerprint density at radius 1 is 1.18 bits per heavy atom. The number of aromatic nitrogens is 1. The molecule has 1 saturated carbocycles. The van der Waals surface area contributed by atoms with Crippen LogP contribution in [0, 0.1) is 5.41 Å². The summed E-state index contributed by atoms with van der Waals surface area (Å²) in [7, 11) is 0. The minimum atomic E-state index is -1.03. The number of ether oxygens (including phenoxy) is 1. The van der Waals surface area contributed by atoms with Crippen molar-refractivity contribution in [2.45, 2.75) is 38.8 Å². The van der Waals surface area contributed by atoms with Crippen LogP contribution in [0.5, 0.6) is 0 Å². The first kappa shape index (κ1) is 20.0. The van der Waals surface area contributed by atoms with Gasteiger partial charge in [0.1, 0.15) is 5.54 Å².